The summed E-state index contributed by atoms with van der Waals surface area (Å²) in [6.45, 7) is 5.07. The number of alkyl halides is 5. The zero-order valence-electron chi connectivity index (χ0n) is 11.4. The first-order valence-corrected chi connectivity index (χ1v) is 6.56. The van der Waals surface area contributed by atoms with Gasteiger partial charge in [-0.25, -0.2) is 0 Å². The van der Waals surface area contributed by atoms with E-state index in [1.54, 1.807) is 13.8 Å². The minimum absolute atomic E-state index is 0.0550. The Morgan fingerprint density at radius 1 is 1.35 bits per heavy atom. The molecule has 0 aromatic carbocycles. The van der Waals surface area contributed by atoms with E-state index >= 15 is 0 Å². The lowest BCUT2D eigenvalue weighted by Crippen LogP contribution is -2.21. The van der Waals surface area contributed by atoms with E-state index in [1.165, 1.54) is 6.92 Å². The minimum Gasteiger partial charge on any atom is -0.262 e. The van der Waals surface area contributed by atoms with Crippen LogP contribution in [0.2, 0.25) is 0 Å². The summed E-state index contributed by atoms with van der Waals surface area (Å²) in [6, 6.07) is 0. The highest BCUT2D eigenvalue weighted by Gasteiger charge is 2.74. The summed E-state index contributed by atoms with van der Waals surface area (Å²) >= 11 is 0. The van der Waals surface area contributed by atoms with Crippen LogP contribution in [0.4, 0.5) is 22.0 Å². The van der Waals surface area contributed by atoms with Gasteiger partial charge in [-0.15, -0.1) is 0 Å². The van der Waals surface area contributed by atoms with Gasteiger partial charge in [0.25, 0.3) is 5.92 Å². The fraction of sp³-hybridized carbons (Fsp3) is 0.769. The van der Waals surface area contributed by atoms with E-state index in [0.717, 1.165) is 4.68 Å². The number of halogens is 5. The molecule has 0 amide bonds. The molecule has 20 heavy (non-hydrogen) atoms. The fourth-order valence-corrected chi connectivity index (χ4v) is 3.35. The van der Waals surface area contributed by atoms with Crippen LogP contribution in [0, 0.1) is 11.8 Å². The van der Waals surface area contributed by atoms with Gasteiger partial charge in [0.05, 0.1) is 0 Å². The Labute approximate surface area is 113 Å². The molecule has 1 saturated carbocycles. The van der Waals surface area contributed by atoms with Gasteiger partial charge in [0, 0.05) is 23.4 Å². The number of hydrogen-bond donors (Lipinski definition) is 0. The van der Waals surface area contributed by atoms with Crippen LogP contribution in [-0.4, -0.2) is 9.78 Å². The van der Waals surface area contributed by atoms with E-state index in [1.807, 2.05) is 0 Å². The summed E-state index contributed by atoms with van der Waals surface area (Å²) in [5, 5.41) is 3.47. The fourth-order valence-electron chi connectivity index (χ4n) is 3.35. The molecule has 0 aliphatic heterocycles. The van der Waals surface area contributed by atoms with Gasteiger partial charge in [0.2, 0.25) is 0 Å². The van der Waals surface area contributed by atoms with Gasteiger partial charge >= 0.3 is 6.18 Å². The first-order valence-electron chi connectivity index (χ1n) is 6.56. The standard InChI is InChI=1S/C13H15F5N2/c1-6(2)5-20-10-8(9(19-20)13(16,17)18)11(3)4-7(11)12(10,14)15/h6-7H,4-5H2,1-3H3/t7-,11+/m1/s1. The van der Waals surface area contributed by atoms with Crippen LogP contribution >= 0.6 is 0 Å². The lowest BCUT2D eigenvalue weighted by atomic mass is 9.99. The Kier molecular flexibility index (Phi) is 2.45. The molecular formula is C13H15F5N2. The average molecular weight is 294 g/mol. The van der Waals surface area contributed by atoms with E-state index in [4.69, 9.17) is 0 Å². The van der Waals surface area contributed by atoms with Crippen LogP contribution in [-0.2, 0) is 24.1 Å². The van der Waals surface area contributed by atoms with Gasteiger partial charge in [-0.3, -0.25) is 4.68 Å². The van der Waals surface area contributed by atoms with Gasteiger partial charge in [-0.1, -0.05) is 20.8 Å². The normalized spacial score (nSPS) is 30.6. The first kappa shape index (κ1) is 13.8. The van der Waals surface area contributed by atoms with Gasteiger partial charge in [0.15, 0.2) is 5.69 Å². The van der Waals surface area contributed by atoms with Crippen molar-refractivity contribution in [2.45, 2.75) is 51.3 Å². The summed E-state index contributed by atoms with van der Waals surface area (Å²) in [5.41, 5.74) is -2.99. The quantitative estimate of drug-likeness (QED) is 0.755. The molecule has 1 aromatic heterocycles. The lowest BCUT2D eigenvalue weighted by Gasteiger charge is -2.16. The zero-order chi connectivity index (χ0) is 15.1. The predicted octanol–water partition coefficient (Wildman–Crippen LogP) is 3.94. The Morgan fingerprint density at radius 3 is 2.45 bits per heavy atom. The molecule has 1 fully saturated rings. The number of fused-ring (bicyclic) bond motifs is 3. The molecule has 2 nitrogen and oxygen atoms in total. The van der Waals surface area contributed by atoms with Crippen molar-refractivity contribution in [2.75, 3.05) is 0 Å². The highest BCUT2D eigenvalue weighted by atomic mass is 19.4. The molecule has 0 spiro atoms. The minimum atomic E-state index is -4.69. The molecule has 2 aliphatic rings. The predicted molar refractivity (Wildman–Crippen MR) is 61.4 cm³/mol. The number of aromatic nitrogens is 2. The van der Waals surface area contributed by atoms with Crippen molar-refractivity contribution in [3.8, 4) is 0 Å². The third kappa shape index (κ3) is 1.58. The monoisotopic (exact) mass is 294 g/mol. The highest BCUT2D eigenvalue weighted by Crippen LogP contribution is 2.72. The van der Waals surface area contributed by atoms with Crippen LogP contribution in [0.5, 0.6) is 0 Å². The Bertz CT molecular complexity index is 572. The van der Waals surface area contributed by atoms with E-state index in [9.17, 15) is 22.0 Å². The van der Waals surface area contributed by atoms with Crippen molar-refractivity contribution in [2.24, 2.45) is 11.8 Å². The summed E-state index contributed by atoms with van der Waals surface area (Å²) in [6.07, 6.45) is -4.59. The van der Waals surface area contributed by atoms with Crippen LogP contribution in [0.3, 0.4) is 0 Å². The second kappa shape index (κ2) is 3.54. The molecule has 0 unspecified atom stereocenters. The smallest absolute Gasteiger partial charge is 0.262 e. The highest BCUT2D eigenvalue weighted by molar-refractivity contribution is 5.51. The zero-order valence-corrected chi connectivity index (χ0v) is 11.4. The summed E-state index contributed by atoms with van der Waals surface area (Å²) in [5.74, 6) is -4.28. The third-order valence-corrected chi connectivity index (χ3v) is 4.32. The molecule has 0 radical (unpaired) electrons. The molecule has 0 bridgehead atoms. The number of rotatable bonds is 2. The lowest BCUT2D eigenvalue weighted by molar-refractivity contribution is -0.142. The maximum atomic E-state index is 14.3. The van der Waals surface area contributed by atoms with E-state index in [-0.39, 0.29) is 24.4 Å². The molecule has 7 heteroatoms. The van der Waals surface area contributed by atoms with Gasteiger partial charge in [0.1, 0.15) is 5.69 Å². The molecule has 2 aliphatic carbocycles. The average Bonchev–Trinajstić information content (AvgIpc) is 2.73. The number of nitrogens with zero attached hydrogens (tertiary/aromatic N) is 2. The third-order valence-electron chi connectivity index (χ3n) is 4.32. The van der Waals surface area contributed by atoms with Crippen LogP contribution in [0.15, 0.2) is 0 Å². The van der Waals surface area contributed by atoms with E-state index < -0.39 is 34.8 Å². The largest absolute Gasteiger partial charge is 0.435 e. The Hall–Kier alpha value is -1.14. The topological polar surface area (TPSA) is 17.8 Å². The molecule has 3 rings (SSSR count). The maximum absolute atomic E-state index is 14.3. The van der Waals surface area contributed by atoms with Crippen LogP contribution < -0.4 is 0 Å². The van der Waals surface area contributed by atoms with Crippen molar-refractivity contribution < 1.29 is 22.0 Å². The van der Waals surface area contributed by atoms with Crippen molar-refractivity contribution in [3.05, 3.63) is 17.0 Å². The van der Waals surface area contributed by atoms with Crippen molar-refractivity contribution in [3.63, 3.8) is 0 Å². The van der Waals surface area contributed by atoms with Crippen LogP contribution in [0.1, 0.15) is 44.1 Å². The van der Waals surface area contributed by atoms with Gasteiger partial charge in [-0.05, 0) is 12.3 Å². The van der Waals surface area contributed by atoms with Gasteiger partial charge < -0.3 is 0 Å². The van der Waals surface area contributed by atoms with Crippen molar-refractivity contribution in [1.82, 2.24) is 9.78 Å². The van der Waals surface area contributed by atoms with E-state index in [0.29, 0.717) is 0 Å². The SMILES string of the molecule is CC(C)Cn1nc(C(F)(F)F)c2c1C(F)(F)[C@@H]1C[C@]21C. The van der Waals surface area contributed by atoms with Crippen molar-refractivity contribution >= 4 is 0 Å². The first-order chi connectivity index (χ1) is 8.99. The Morgan fingerprint density at radius 2 is 1.95 bits per heavy atom. The molecule has 0 N–H and O–H groups in total. The molecule has 2 atom stereocenters. The van der Waals surface area contributed by atoms with Gasteiger partial charge in [-0.2, -0.15) is 27.1 Å². The van der Waals surface area contributed by atoms with E-state index in [2.05, 4.69) is 5.10 Å². The summed E-state index contributed by atoms with van der Waals surface area (Å²) in [7, 11) is 0. The Balaban J connectivity index is 2.23. The maximum Gasteiger partial charge on any atom is 0.435 e. The molecule has 0 saturated heterocycles. The molecule has 1 aromatic rings. The molecule has 1 heterocycles. The van der Waals surface area contributed by atoms with Crippen molar-refractivity contribution in [1.29, 1.82) is 0 Å². The molecule has 112 valence electrons. The second-order valence-electron chi connectivity index (χ2n) is 6.44. The number of hydrogen-bond acceptors (Lipinski definition) is 1. The van der Waals surface area contributed by atoms with Crippen LogP contribution in [0.25, 0.3) is 0 Å². The molecular weight excluding hydrogens is 279 g/mol. The second-order valence-corrected chi connectivity index (χ2v) is 6.44. The summed E-state index contributed by atoms with van der Waals surface area (Å²) < 4.78 is 68.7. The summed E-state index contributed by atoms with van der Waals surface area (Å²) in [4.78, 5) is 0.